The zero-order chi connectivity index (χ0) is 8.85. The molecule has 0 aliphatic rings. The highest BCUT2D eigenvalue weighted by molar-refractivity contribution is 5.79. The summed E-state index contributed by atoms with van der Waals surface area (Å²) in [5.74, 6) is -1.15. The summed E-state index contributed by atoms with van der Waals surface area (Å²) in [5, 5.41) is 11.0. The number of carboxylic acid groups (broad SMARTS) is 1. The second kappa shape index (κ2) is 4.81. The maximum Gasteiger partial charge on any atom is 0.334 e. The predicted molar refractivity (Wildman–Crippen MR) is 37.3 cm³/mol. The van der Waals surface area contributed by atoms with Gasteiger partial charge in [0.2, 0.25) is 0 Å². The molecule has 0 spiro atoms. The number of rotatable bonds is 5. The predicted octanol–water partition coefficient (Wildman–Crippen LogP) is -1.13. The van der Waals surface area contributed by atoms with Crippen LogP contribution in [0.5, 0.6) is 0 Å². The fourth-order valence-electron chi connectivity index (χ4n) is 0.692. The van der Waals surface area contributed by atoms with Crippen LogP contribution in [0.25, 0.3) is 0 Å². The van der Waals surface area contributed by atoms with Gasteiger partial charge in [0.15, 0.2) is 6.10 Å². The van der Waals surface area contributed by atoms with Crippen molar-refractivity contribution in [2.24, 2.45) is 0 Å². The standard InChI is InChI=1S/C6H11NO4/c1-7-4(3-8)5(11-2)6(9)10/h3-5,7H,1-2H3,(H,9,10). The van der Waals surface area contributed by atoms with Crippen molar-refractivity contribution in [3.63, 3.8) is 0 Å². The number of carbonyl (C=O) groups excluding carboxylic acids is 1. The average molecular weight is 161 g/mol. The van der Waals surface area contributed by atoms with Gasteiger partial charge in [0.05, 0.1) is 0 Å². The largest absolute Gasteiger partial charge is 0.479 e. The fourth-order valence-corrected chi connectivity index (χ4v) is 0.692. The van der Waals surface area contributed by atoms with Crippen LogP contribution in [-0.4, -0.2) is 43.7 Å². The number of aliphatic carboxylic acids is 1. The van der Waals surface area contributed by atoms with Gasteiger partial charge in [-0.05, 0) is 7.05 Å². The molecule has 11 heavy (non-hydrogen) atoms. The third-order valence-corrected chi connectivity index (χ3v) is 1.30. The molecule has 0 aliphatic carbocycles. The lowest BCUT2D eigenvalue weighted by Gasteiger charge is -2.15. The number of ether oxygens (including phenoxy) is 1. The number of hydrogen-bond acceptors (Lipinski definition) is 4. The Bertz CT molecular complexity index is 148. The summed E-state index contributed by atoms with van der Waals surface area (Å²) in [6, 6.07) is -0.794. The summed E-state index contributed by atoms with van der Waals surface area (Å²) >= 11 is 0. The lowest BCUT2D eigenvalue weighted by molar-refractivity contribution is -0.151. The van der Waals surface area contributed by atoms with Gasteiger partial charge >= 0.3 is 5.97 Å². The summed E-state index contributed by atoms with van der Waals surface area (Å²) in [6.07, 6.45) is -0.611. The number of aldehydes is 1. The molecule has 0 aliphatic heterocycles. The van der Waals surface area contributed by atoms with E-state index < -0.39 is 18.1 Å². The first-order valence-electron chi connectivity index (χ1n) is 3.05. The molecule has 0 rings (SSSR count). The normalized spacial score (nSPS) is 15.5. The Morgan fingerprint density at radius 2 is 2.27 bits per heavy atom. The summed E-state index contributed by atoms with van der Waals surface area (Å²) in [4.78, 5) is 20.6. The average Bonchev–Trinajstić information content (AvgIpc) is 1.99. The molecule has 5 heteroatoms. The lowest BCUT2D eigenvalue weighted by Crippen LogP contribution is -2.44. The topological polar surface area (TPSA) is 75.6 Å². The van der Waals surface area contributed by atoms with Crippen LogP contribution in [0.2, 0.25) is 0 Å². The van der Waals surface area contributed by atoms with Crippen molar-refractivity contribution in [2.75, 3.05) is 14.2 Å². The SMILES string of the molecule is CNC(C=O)C(OC)C(=O)O. The van der Waals surface area contributed by atoms with E-state index >= 15 is 0 Å². The van der Waals surface area contributed by atoms with Crippen LogP contribution in [0.1, 0.15) is 0 Å². The van der Waals surface area contributed by atoms with Gasteiger partial charge in [-0.3, -0.25) is 0 Å². The summed E-state index contributed by atoms with van der Waals surface area (Å²) in [7, 11) is 2.74. The number of hydrogen-bond donors (Lipinski definition) is 2. The molecule has 0 aromatic rings. The maximum atomic E-state index is 10.4. The third kappa shape index (κ3) is 2.65. The zero-order valence-corrected chi connectivity index (χ0v) is 6.40. The van der Waals surface area contributed by atoms with Crippen LogP contribution in [0, 0.1) is 0 Å². The summed E-state index contributed by atoms with van der Waals surface area (Å²) in [6.45, 7) is 0. The second-order valence-electron chi connectivity index (χ2n) is 1.95. The molecule has 0 bridgehead atoms. The smallest absolute Gasteiger partial charge is 0.334 e. The van der Waals surface area contributed by atoms with Crippen molar-refractivity contribution in [2.45, 2.75) is 12.1 Å². The van der Waals surface area contributed by atoms with Gasteiger partial charge in [0.1, 0.15) is 12.3 Å². The van der Waals surface area contributed by atoms with Crippen molar-refractivity contribution in [3.05, 3.63) is 0 Å². The van der Waals surface area contributed by atoms with E-state index in [-0.39, 0.29) is 0 Å². The van der Waals surface area contributed by atoms with Crippen LogP contribution in [0.4, 0.5) is 0 Å². The molecule has 5 nitrogen and oxygen atoms in total. The van der Waals surface area contributed by atoms with Gasteiger partial charge in [-0.25, -0.2) is 4.79 Å². The summed E-state index contributed by atoms with van der Waals surface area (Å²) < 4.78 is 4.56. The molecule has 64 valence electrons. The molecule has 0 saturated heterocycles. The minimum Gasteiger partial charge on any atom is -0.479 e. The van der Waals surface area contributed by atoms with Gasteiger partial charge in [-0.1, -0.05) is 0 Å². The zero-order valence-electron chi connectivity index (χ0n) is 6.40. The molecule has 2 N–H and O–H groups in total. The number of carboxylic acids is 1. The number of carbonyl (C=O) groups is 2. The van der Waals surface area contributed by atoms with Crippen molar-refractivity contribution in [1.82, 2.24) is 5.32 Å². The van der Waals surface area contributed by atoms with E-state index in [9.17, 15) is 9.59 Å². The van der Waals surface area contributed by atoms with E-state index in [1.165, 1.54) is 14.2 Å². The Kier molecular flexibility index (Phi) is 4.40. The molecular formula is C6H11NO4. The Morgan fingerprint density at radius 1 is 1.73 bits per heavy atom. The van der Waals surface area contributed by atoms with E-state index in [2.05, 4.69) is 10.1 Å². The number of methoxy groups -OCH3 is 1. The molecule has 0 saturated carbocycles. The van der Waals surface area contributed by atoms with E-state index in [1.54, 1.807) is 0 Å². The first kappa shape index (κ1) is 10.1. The molecule has 0 aromatic carbocycles. The third-order valence-electron chi connectivity index (χ3n) is 1.30. The van der Waals surface area contributed by atoms with Gasteiger partial charge in [0.25, 0.3) is 0 Å². The Hall–Kier alpha value is -0.940. The van der Waals surface area contributed by atoms with E-state index in [0.29, 0.717) is 6.29 Å². The van der Waals surface area contributed by atoms with Gasteiger partial charge < -0.3 is 20.0 Å². The molecule has 0 amide bonds. The van der Waals surface area contributed by atoms with E-state index in [1.807, 2.05) is 0 Å². The van der Waals surface area contributed by atoms with Gasteiger partial charge in [-0.15, -0.1) is 0 Å². The van der Waals surface area contributed by atoms with Crippen molar-refractivity contribution in [1.29, 1.82) is 0 Å². The molecule has 0 radical (unpaired) electrons. The molecule has 2 atom stereocenters. The fraction of sp³-hybridized carbons (Fsp3) is 0.667. The van der Waals surface area contributed by atoms with E-state index in [4.69, 9.17) is 5.11 Å². The lowest BCUT2D eigenvalue weighted by atomic mass is 10.2. The van der Waals surface area contributed by atoms with Crippen LogP contribution < -0.4 is 5.32 Å². The molecule has 2 unspecified atom stereocenters. The number of nitrogens with one attached hydrogen (secondary N) is 1. The van der Waals surface area contributed by atoms with Crippen molar-refractivity contribution < 1.29 is 19.4 Å². The highest BCUT2D eigenvalue weighted by atomic mass is 16.5. The highest BCUT2D eigenvalue weighted by Crippen LogP contribution is 1.95. The molecule has 0 heterocycles. The maximum absolute atomic E-state index is 10.4. The quantitative estimate of drug-likeness (QED) is 0.499. The van der Waals surface area contributed by atoms with Crippen LogP contribution in [-0.2, 0) is 14.3 Å². The van der Waals surface area contributed by atoms with Crippen LogP contribution >= 0.6 is 0 Å². The first-order valence-corrected chi connectivity index (χ1v) is 3.05. The second-order valence-corrected chi connectivity index (χ2v) is 1.95. The van der Waals surface area contributed by atoms with Crippen molar-refractivity contribution in [3.8, 4) is 0 Å². The molecule has 0 aromatic heterocycles. The Balaban J connectivity index is 4.20. The van der Waals surface area contributed by atoms with Gasteiger partial charge in [-0.2, -0.15) is 0 Å². The van der Waals surface area contributed by atoms with E-state index in [0.717, 1.165) is 0 Å². The summed E-state index contributed by atoms with van der Waals surface area (Å²) in [5.41, 5.74) is 0. The van der Waals surface area contributed by atoms with Crippen LogP contribution in [0.15, 0.2) is 0 Å². The molecular weight excluding hydrogens is 150 g/mol. The number of likely N-dealkylation sites (N-methyl/N-ethyl adjacent to an activating group) is 1. The monoisotopic (exact) mass is 161 g/mol. The van der Waals surface area contributed by atoms with Crippen LogP contribution in [0.3, 0.4) is 0 Å². The minimum absolute atomic E-state index is 0.502. The Labute approximate surface area is 64.3 Å². The Morgan fingerprint density at radius 3 is 2.36 bits per heavy atom. The highest BCUT2D eigenvalue weighted by Gasteiger charge is 2.25. The van der Waals surface area contributed by atoms with Gasteiger partial charge in [0, 0.05) is 7.11 Å². The first-order chi connectivity index (χ1) is 5.17. The minimum atomic E-state index is -1.15. The molecule has 0 fully saturated rings. The van der Waals surface area contributed by atoms with Crippen molar-refractivity contribution >= 4 is 12.3 Å².